The summed E-state index contributed by atoms with van der Waals surface area (Å²) in [5.41, 5.74) is 3.48. The van der Waals surface area contributed by atoms with Gasteiger partial charge in [-0.05, 0) is 49.8 Å². The summed E-state index contributed by atoms with van der Waals surface area (Å²) < 4.78 is 5.17. The average molecular weight is 287 g/mol. The van der Waals surface area contributed by atoms with Gasteiger partial charge in [-0.3, -0.25) is 0 Å². The molecule has 0 saturated carbocycles. The van der Waals surface area contributed by atoms with Gasteiger partial charge in [0.25, 0.3) is 0 Å². The molecule has 104 valence electrons. The maximum absolute atomic E-state index is 5.17. The molecule has 4 nitrogen and oxygen atoms in total. The number of thioether (sulfide) groups is 1. The molecule has 0 spiro atoms. The zero-order valence-corrected chi connectivity index (χ0v) is 12.5. The zero-order chi connectivity index (χ0) is 13.9. The first-order chi connectivity index (χ1) is 9.80. The Hall–Kier alpha value is -1.75. The van der Waals surface area contributed by atoms with Crippen LogP contribution in [-0.2, 0) is 12.8 Å². The first-order valence-corrected chi connectivity index (χ1v) is 7.87. The maximum atomic E-state index is 5.17. The van der Waals surface area contributed by atoms with E-state index in [2.05, 4.69) is 15.3 Å². The van der Waals surface area contributed by atoms with Crippen LogP contribution in [0.1, 0.15) is 17.7 Å². The highest BCUT2D eigenvalue weighted by molar-refractivity contribution is 7.98. The number of aromatic nitrogens is 2. The first-order valence-electron chi connectivity index (χ1n) is 6.65. The molecule has 1 N–H and O–H groups in total. The average Bonchev–Trinajstić information content (AvgIpc) is 2.96. The zero-order valence-electron chi connectivity index (χ0n) is 11.6. The quantitative estimate of drug-likeness (QED) is 0.689. The fourth-order valence-electron chi connectivity index (χ4n) is 2.42. The Labute approximate surface area is 123 Å². The molecule has 0 radical (unpaired) electrons. The van der Waals surface area contributed by atoms with Crippen LogP contribution < -0.4 is 10.1 Å². The number of ether oxygens (including phenoxy) is 1. The molecule has 1 aliphatic rings. The molecule has 1 aromatic heterocycles. The lowest BCUT2D eigenvalue weighted by molar-refractivity contribution is 0.415. The Morgan fingerprint density at radius 2 is 1.95 bits per heavy atom. The third-order valence-corrected chi connectivity index (χ3v) is 4.00. The van der Waals surface area contributed by atoms with Gasteiger partial charge >= 0.3 is 0 Å². The molecule has 5 heteroatoms. The van der Waals surface area contributed by atoms with E-state index in [1.807, 2.05) is 30.5 Å². The van der Waals surface area contributed by atoms with Crippen LogP contribution in [0.3, 0.4) is 0 Å². The topological polar surface area (TPSA) is 47.0 Å². The van der Waals surface area contributed by atoms with Crippen molar-refractivity contribution in [3.63, 3.8) is 0 Å². The molecule has 3 rings (SSSR count). The van der Waals surface area contributed by atoms with Gasteiger partial charge in [0, 0.05) is 11.3 Å². The van der Waals surface area contributed by atoms with Crippen molar-refractivity contribution in [1.29, 1.82) is 0 Å². The van der Waals surface area contributed by atoms with Crippen LogP contribution in [0.5, 0.6) is 5.75 Å². The van der Waals surface area contributed by atoms with E-state index in [1.165, 1.54) is 17.7 Å². The van der Waals surface area contributed by atoms with Crippen LogP contribution in [0.2, 0.25) is 0 Å². The molecule has 0 fully saturated rings. The van der Waals surface area contributed by atoms with Crippen molar-refractivity contribution in [3.05, 3.63) is 35.5 Å². The minimum Gasteiger partial charge on any atom is -0.497 e. The van der Waals surface area contributed by atoms with Crippen molar-refractivity contribution >= 4 is 23.3 Å². The van der Waals surface area contributed by atoms with Crippen LogP contribution in [0.25, 0.3) is 0 Å². The van der Waals surface area contributed by atoms with Gasteiger partial charge < -0.3 is 10.1 Å². The predicted molar refractivity (Wildman–Crippen MR) is 82.1 cm³/mol. The number of hydrogen-bond acceptors (Lipinski definition) is 5. The van der Waals surface area contributed by atoms with Gasteiger partial charge in [0.15, 0.2) is 5.16 Å². The molecule has 0 saturated heterocycles. The number of nitrogens with zero attached hydrogens (tertiary/aromatic N) is 2. The van der Waals surface area contributed by atoms with E-state index in [0.717, 1.165) is 35.3 Å². The molecule has 2 aromatic rings. The normalized spacial score (nSPS) is 13.1. The van der Waals surface area contributed by atoms with Crippen molar-refractivity contribution in [2.75, 3.05) is 18.7 Å². The summed E-state index contributed by atoms with van der Waals surface area (Å²) >= 11 is 1.58. The van der Waals surface area contributed by atoms with Gasteiger partial charge in [-0.1, -0.05) is 11.8 Å². The van der Waals surface area contributed by atoms with Crippen LogP contribution in [0.4, 0.5) is 11.5 Å². The molecule has 1 aliphatic carbocycles. The standard InChI is InChI=1S/C15H17N3OS/c1-19-11-8-6-10(7-9-11)16-14-12-4-3-5-13(12)17-15(18-14)20-2/h6-9H,3-5H2,1-2H3,(H,16,17,18). The van der Waals surface area contributed by atoms with Gasteiger partial charge in [0.05, 0.1) is 12.8 Å². The lowest BCUT2D eigenvalue weighted by Crippen LogP contribution is -2.03. The summed E-state index contributed by atoms with van der Waals surface area (Å²) in [4.78, 5) is 9.20. The van der Waals surface area contributed by atoms with E-state index in [9.17, 15) is 0 Å². The molecule has 0 bridgehead atoms. The lowest BCUT2D eigenvalue weighted by Gasteiger charge is -2.11. The number of nitrogens with one attached hydrogen (secondary N) is 1. The Bertz CT molecular complexity index is 613. The molecular weight excluding hydrogens is 270 g/mol. The Kier molecular flexibility index (Phi) is 3.78. The van der Waals surface area contributed by atoms with Crippen molar-refractivity contribution in [1.82, 2.24) is 9.97 Å². The van der Waals surface area contributed by atoms with Crippen molar-refractivity contribution in [2.45, 2.75) is 24.4 Å². The fourth-order valence-corrected chi connectivity index (χ4v) is 2.80. The van der Waals surface area contributed by atoms with Crippen LogP contribution >= 0.6 is 11.8 Å². The number of methoxy groups -OCH3 is 1. The maximum Gasteiger partial charge on any atom is 0.189 e. The van der Waals surface area contributed by atoms with E-state index in [-0.39, 0.29) is 0 Å². The van der Waals surface area contributed by atoms with Crippen molar-refractivity contribution in [3.8, 4) is 5.75 Å². The van der Waals surface area contributed by atoms with E-state index in [0.29, 0.717) is 0 Å². The molecule has 0 unspecified atom stereocenters. The van der Waals surface area contributed by atoms with Crippen LogP contribution in [0.15, 0.2) is 29.4 Å². The van der Waals surface area contributed by atoms with Gasteiger partial charge in [-0.25, -0.2) is 9.97 Å². The Morgan fingerprint density at radius 1 is 1.15 bits per heavy atom. The summed E-state index contributed by atoms with van der Waals surface area (Å²) in [6, 6.07) is 7.89. The summed E-state index contributed by atoms with van der Waals surface area (Å²) in [7, 11) is 1.67. The molecular formula is C15H17N3OS. The van der Waals surface area contributed by atoms with Gasteiger partial charge in [-0.15, -0.1) is 0 Å². The number of rotatable bonds is 4. The largest absolute Gasteiger partial charge is 0.497 e. The van der Waals surface area contributed by atoms with E-state index in [1.54, 1.807) is 18.9 Å². The third kappa shape index (κ3) is 2.58. The summed E-state index contributed by atoms with van der Waals surface area (Å²) in [5, 5.41) is 4.25. The van der Waals surface area contributed by atoms with Gasteiger partial charge in [-0.2, -0.15) is 0 Å². The highest BCUT2D eigenvalue weighted by Gasteiger charge is 2.19. The molecule has 0 atom stereocenters. The molecule has 0 amide bonds. The highest BCUT2D eigenvalue weighted by Crippen LogP contribution is 2.30. The second kappa shape index (κ2) is 5.71. The van der Waals surface area contributed by atoms with Gasteiger partial charge in [0.2, 0.25) is 0 Å². The second-order valence-electron chi connectivity index (χ2n) is 4.69. The SMILES string of the molecule is COc1ccc(Nc2nc(SC)nc3c2CCC3)cc1. The predicted octanol–water partition coefficient (Wildman–Crippen LogP) is 3.44. The number of fused-ring (bicyclic) bond motifs is 1. The molecule has 0 aliphatic heterocycles. The molecule has 20 heavy (non-hydrogen) atoms. The fraction of sp³-hybridized carbons (Fsp3) is 0.333. The first kappa shape index (κ1) is 13.2. The van der Waals surface area contributed by atoms with E-state index < -0.39 is 0 Å². The molecule has 1 aromatic carbocycles. The number of anilines is 2. The Balaban J connectivity index is 1.91. The van der Waals surface area contributed by atoms with Crippen LogP contribution in [-0.4, -0.2) is 23.3 Å². The number of benzene rings is 1. The monoisotopic (exact) mass is 287 g/mol. The van der Waals surface area contributed by atoms with Crippen molar-refractivity contribution in [2.24, 2.45) is 0 Å². The molecule has 1 heterocycles. The van der Waals surface area contributed by atoms with E-state index >= 15 is 0 Å². The van der Waals surface area contributed by atoms with Crippen LogP contribution in [0, 0.1) is 0 Å². The summed E-state index contributed by atoms with van der Waals surface area (Å²) in [6.45, 7) is 0. The second-order valence-corrected chi connectivity index (χ2v) is 5.46. The summed E-state index contributed by atoms with van der Waals surface area (Å²) in [5.74, 6) is 1.80. The summed E-state index contributed by atoms with van der Waals surface area (Å²) in [6.07, 6.45) is 5.29. The third-order valence-electron chi connectivity index (χ3n) is 3.45. The number of aryl methyl sites for hydroxylation is 1. The Morgan fingerprint density at radius 3 is 2.65 bits per heavy atom. The minimum atomic E-state index is 0.835. The lowest BCUT2D eigenvalue weighted by atomic mass is 10.2. The van der Waals surface area contributed by atoms with E-state index in [4.69, 9.17) is 4.74 Å². The minimum absolute atomic E-state index is 0.835. The van der Waals surface area contributed by atoms with Gasteiger partial charge in [0.1, 0.15) is 11.6 Å². The highest BCUT2D eigenvalue weighted by atomic mass is 32.2. The smallest absolute Gasteiger partial charge is 0.189 e. The number of hydrogen-bond donors (Lipinski definition) is 1. The van der Waals surface area contributed by atoms with Crippen molar-refractivity contribution < 1.29 is 4.74 Å².